The lowest BCUT2D eigenvalue weighted by Crippen LogP contribution is -1.97. The molecule has 1 N–H and O–H groups in total. The summed E-state index contributed by atoms with van der Waals surface area (Å²) < 4.78 is 6.11. The highest BCUT2D eigenvalue weighted by molar-refractivity contribution is 9.10. The number of halogens is 1. The van der Waals surface area contributed by atoms with E-state index in [1.54, 1.807) is 31.3 Å². The second-order valence-corrected chi connectivity index (χ2v) is 4.92. The summed E-state index contributed by atoms with van der Waals surface area (Å²) in [5, 5.41) is 3.77. The van der Waals surface area contributed by atoms with Crippen molar-refractivity contribution in [3.63, 3.8) is 0 Å². The molecular weight excluding hydrogens is 290 g/mol. The summed E-state index contributed by atoms with van der Waals surface area (Å²) in [6.45, 7) is 1.93. The van der Waals surface area contributed by atoms with Crippen LogP contribution in [-0.2, 0) is 0 Å². The molecule has 0 saturated carbocycles. The third-order valence-corrected chi connectivity index (χ3v) is 3.94. The van der Waals surface area contributed by atoms with Crippen LogP contribution in [0.15, 0.2) is 37.3 Å². The van der Waals surface area contributed by atoms with Gasteiger partial charge in [-0.2, -0.15) is 0 Å². The van der Waals surface area contributed by atoms with Crippen molar-refractivity contribution in [2.75, 3.05) is 12.4 Å². The van der Waals surface area contributed by atoms with Crippen LogP contribution in [0, 0.1) is 6.92 Å². The van der Waals surface area contributed by atoms with E-state index in [1.165, 1.54) is 0 Å². The second-order valence-electron chi connectivity index (χ2n) is 3.04. The van der Waals surface area contributed by atoms with Crippen LogP contribution in [0.3, 0.4) is 0 Å². The van der Waals surface area contributed by atoms with Gasteiger partial charge in [-0.3, -0.25) is 0 Å². The van der Waals surface area contributed by atoms with Crippen LogP contribution in [0.2, 0.25) is 0 Å². The van der Waals surface area contributed by atoms with E-state index >= 15 is 0 Å². The van der Waals surface area contributed by atoms with Crippen LogP contribution >= 0.6 is 27.7 Å². The fourth-order valence-corrected chi connectivity index (χ4v) is 2.37. The van der Waals surface area contributed by atoms with E-state index in [2.05, 4.69) is 31.2 Å². The van der Waals surface area contributed by atoms with Gasteiger partial charge in [-0.1, -0.05) is 11.8 Å². The fraction of sp³-hybridized carbons (Fsp3) is 0.200. The SMILES string of the molecule is CNc1ncc(Br)c(Sc2ccoc2C)n1. The zero-order valence-electron chi connectivity index (χ0n) is 8.82. The van der Waals surface area contributed by atoms with E-state index in [0.717, 1.165) is 20.2 Å². The third-order valence-electron chi connectivity index (χ3n) is 1.95. The number of hydrogen-bond donors (Lipinski definition) is 1. The van der Waals surface area contributed by atoms with Crippen molar-refractivity contribution in [1.82, 2.24) is 9.97 Å². The molecule has 0 aliphatic rings. The molecule has 4 nitrogen and oxygen atoms in total. The predicted octanol–water partition coefficient (Wildman–Crippen LogP) is 3.33. The molecule has 0 saturated heterocycles. The maximum Gasteiger partial charge on any atom is 0.223 e. The Morgan fingerprint density at radius 1 is 1.50 bits per heavy atom. The lowest BCUT2D eigenvalue weighted by molar-refractivity contribution is 0.527. The van der Waals surface area contributed by atoms with E-state index < -0.39 is 0 Å². The van der Waals surface area contributed by atoms with Crippen LogP contribution in [-0.4, -0.2) is 17.0 Å². The van der Waals surface area contributed by atoms with Crippen LogP contribution in [0.4, 0.5) is 5.95 Å². The summed E-state index contributed by atoms with van der Waals surface area (Å²) in [7, 11) is 1.79. The highest BCUT2D eigenvalue weighted by Gasteiger charge is 2.09. The summed E-state index contributed by atoms with van der Waals surface area (Å²) in [6, 6.07) is 1.92. The topological polar surface area (TPSA) is 51.0 Å². The maximum absolute atomic E-state index is 5.24. The Bertz CT molecular complexity index is 501. The van der Waals surface area contributed by atoms with Gasteiger partial charge in [0, 0.05) is 13.2 Å². The lowest BCUT2D eigenvalue weighted by atomic mass is 10.5. The van der Waals surface area contributed by atoms with Crippen molar-refractivity contribution < 1.29 is 4.42 Å². The first kappa shape index (κ1) is 11.5. The zero-order valence-corrected chi connectivity index (χ0v) is 11.2. The first-order valence-corrected chi connectivity index (χ1v) is 6.24. The summed E-state index contributed by atoms with van der Waals surface area (Å²) >= 11 is 4.97. The molecule has 0 spiro atoms. The minimum Gasteiger partial charge on any atom is -0.468 e. The molecule has 0 aromatic carbocycles. The molecule has 0 aliphatic carbocycles. The molecule has 2 heterocycles. The van der Waals surface area contributed by atoms with E-state index in [-0.39, 0.29) is 0 Å². The Hall–Kier alpha value is -1.01. The van der Waals surface area contributed by atoms with Gasteiger partial charge < -0.3 is 9.73 Å². The first-order valence-electron chi connectivity index (χ1n) is 4.63. The van der Waals surface area contributed by atoms with Crippen LogP contribution in [0.1, 0.15) is 5.76 Å². The van der Waals surface area contributed by atoms with Gasteiger partial charge in [0.2, 0.25) is 5.95 Å². The highest BCUT2D eigenvalue weighted by Crippen LogP contribution is 2.34. The van der Waals surface area contributed by atoms with Gasteiger partial charge in [0.05, 0.1) is 15.6 Å². The second kappa shape index (κ2) is 4.88. The average molecular weight is 300 g/mol. The Kier molecular flexibility index (Phi) is 3.50. The number of furan rings is 1. The maximum atomic E-state index is 5.24. The zero-order chi connectivity index (χ0) is 11.5. The Labute approximate surface area is 106 Å². The molecule has 2 aromatic rings. The number of rotatable bonds is 3. The molecule has 0 aliphatic heterocycles. The van der Waals surface area contributed by atoms with E-state index in [1.807, 2.05) is 13.0 Å². The standard InChI is InChI=1S/C10H10BrN3OS/c1-6-8(3-4-15-6)16-9-7(11)5-13-10(12-2)14-9/h3-5H,1-2H3,(H,12,13,14). The molecule has 0 amide bonds. The van der Waals surface area contributed by atoms with Crippen LogP contribution < -0.4 is 5.32 Å². The van der Waals surface area contributed by atoms with Gasteiger partial charge in [0.25, 0.3) is 0 Å². The molecule has 6 heteroatoms. The predicted molar refractivity (Wildman–Crippen MR) is 66.8 cm³/mol. The molecule has 16 heavy (non-hydrogen) atoms. The number of nitrogens with zero attached hydrogens (tertiary/aromatic N) is 2. The summed E-state index contributed by atoms with van der Waals surface area (Å²) in [5.74, 6) is 1.49. The van der Waals surface area contributed by atoms with Gasteiger partial charge in [0.1, 0.15) is 10.8 Å². The molecule has 84 valence electrons. The Balaban J connectivity index is 2.30. The Morgan fingerprint density at radius 2 is 2.31 bits per heavy atom. The van der Waals surface area contributed by atoms with Crippen molar-refractivity contribution in [3.05, 3.63) is 28.8 Å². The largest absolute Gasteiger partial charge is 0.468 e. The van der Waals surface area contributed by atoms with Crippen LogP contribution in [0.25, 0.3) is 0 Å². The van der Waals surface area contributed by atoms with E-state index in [0.29, 0.717) is 5.95 Å². The van der Waals surface area contributed by atoms with Gasteiger partial charge in [-0.05, 0) is 28.9 Å². The quantitative estimate of drug-likeness (QED) is 0.881. The Morgan fingerprint density at radius 3 is 2.94 bits per heavy atom. The highest BCUT2D eigenvalue weighted by atomic mass is 79.9. The molecule has 0 fully saturated rings. The molecule has 0 radical (unpaired) electrons. The normalized spacial score (nSPS) is 10.4. The van der Waals surface area contributed by atoms with Gasteiger partial charge in [0.15, 0.2) is 0 Å². The molecule has 2 aromatic heterocycles. The minimum absolute atomic E-state index is 0.604. The average Bonchev–Trinajstić information content (AvgIpc) is 2.68. The third kappa shape index (κ3) is 2.38. The van der Waals surface area contributed by atoms with Crippen molar-refractivity contribution in [2.24, 2.45) is 0 Å². The van der Waals surface area contributed by atoms with Crippen molar-refractivity contribution in [2.45, 2.75) is 16.8 Å². The van der Waals surface area contributed by atoms with E-state index in [4.69, 9.17) is 4.42 Å². The van der Waals surface area contributed by atoms with Crippen molar-refractivity contribution >= 4 is 33.6 Å². The van der Waals surface area contributed by atoms with Crippen molar-refractivity contribution in [3.8, 4) is 0 Å². The molecule has 2 rings (SSSR count). The molecule has 0 unspecified atom stereocenters. The van der Waals surface area contributed by atoms with E-state index in [9.17, 15) is 0 Å². The monoisotopic (exact) mass is 299 g/mol. The number of anilines is 1. The molecule has 0 atom stereocenters. The van der Waals surface area contributed by atoms with Gasteiger partial charge >= 0.3 is 0 Å². The smallest absolute Gasteiger partial charge is 0.223 e. The summed E-state index contributed by atoms with van der Waals surface area (Å²) in [6.07, 6.45) is 3.41. The molecule has 0 bridgehead atoms. The minimum atomic E-state index is 0.604. The number of aromatic nitrogens is 2. The summed E-state index contributed by atoms with van der Waals surface area (Å²) in [4.78, 5) is 9.52. The summed E-state index contributed by atoms with van der Waals surface area (Å²) in [5.41, 5.74) is 0. The first-order chi connectivity index (χ1) is 7.70. The van der Waals surface area contributed by atoms with Gasteiger partial charge in [-0.25, -0.2) is 9.97 Å². The number of aryl methyl sites for hydroxylation is 1. The number of nitrogens with one attached hydrogen (secondary N) is 1. The van der Waals surface area contributed by atoms with Crippen molar-refractivity contribution in [1.29, 1.82) is 0 Å². The van der Waals surface area contributed by atoms with Gasteiger partial charge in [-0.15, -0.1) is 0 Å². The molecular formula is C10H10BrN3OS. The van der Waals surface area contributed by atoms with Crippen LogP contribution in [0.5, 0.6) is 0 Å². The fourth-order valence-electron chi connectivity index (χ4n) is 1.13. The number of hydrogen-bond acceptors (Lipinski definition) is 5. The lowest BCUT2D eigenvalue weighted by Gasteiger charge is -2.04.